The molecular formula is C28H28O6. The normalized spacial score (nSPS) is 11.3. The molecule has 0 aromatic heterocycles. The lowest BCUT2D eigenvalue weighted by Crippen LogP contribution is -2.06. The molecule has 0 aliphatic heterocycles. The van der Waals surface area contributed by atoms with E-state index in [1.165, 1.54) is 0 Å². The first kappa shape index (κ1) is 24.6. The molecule has 0 saturated heterocycles. The SMILES string of the molecule is CCC(=O)Oc1ccc2cc(OC)ccc2c1.COc1ccc2cc([C@H](C)C(=O)O)ccc2c1. The van der Waals surface area contributed by atoms with Crippen molar-refractivity contribution < 1.29 is 28.9 Å². The van der Waals surface area contributed by atoms with E-state index in [1.807, 2.05) is 66.7 Å². The average molecular weight is 461 g/mol. The molecule has 0 saturated carbocycles. The maximum atomic E-state index is 11.2. The van der Waals surface area contributed by atoms with E-state index >= 15 is 0 Å². The lowest BCUT2D eigenvalue weighted by atomic mass is 9.98. The van der Waals surface area contributed by atoms with Crippen LogP contribution in [0.1, 0.15) is 31.7 Å². The molecule has 0 unspecified atom stereocenters. The summed E-state index contributed by atoms with van der Waals surface area (Å²) in [5.74, 6) is 0.680. The molecule has 1 atom stereocenters. The molecule has 0 radical (unpaired) electrons. The number of esters is 1. The van der Waals surface area contributed by atoms with Crippen molar-refractivity contribution in [3.63, 3.8) is 0 Å². The van der Waals surface area contributed by atoms with Crippen LogP contribution in [0.5, 0.6) is 17.2 Å². The zero-order chi connectivity index (χ0) is 24.7. The Morgan fingerprint density at radius 3 is 1.65 bits per heavy atom. The average Bonchev–Trinajstić information content (AvgIpc) is 2.87. The van der Waals surface area contributed by atoms with Gasteiger partial charge < -0.3 is 19.3 Å². The number of hydrogen-bond acceptors (Lipinski definition) is 5. The van der Waals surface area contributed by atoms with E-state index in [2.05, 4.69) is 0 Å². The largest absolute Gasteiger partial charge is 0.497 e. The number of fused-ring (bicyclic) bond motifs is 2. The number of aliphatic carboxylic acids is 1. The van der Waals surface area contributed by atoms with Crippen LogP contribution in [0.15, 0.2) is 72.8 Å². The summed E-state index contributed by atoms with van der Waals surface area (Å²) in [4.78, 5) is 22.1. The van der Waals surface area contributed by atoms with Crippen LogP contribution in [0, 0.1) is 0 Å². The molecule has 6 nitrogen and oxygen atoms in total. The topological polar surface area (TPSA) is 82.1 Å². The van der Waals surface area contributed by atoms with E-state index in [-0.39, 0.29) is 5.97 Å². The minimum absolute atomic E-state index is 0.224. The third kappa shape index (κ3) is 6.04. The van der Waals surface area contributed by atoms with Gasteiger partial charge >= 0.3 is 11.9 Å². The number of carboxylic acids is 1. The van der Waals surface area contributed by atoms with Crippen LogP contribution < -0.4 is 14.2 Å². The molecule has 0 amide bonds. The Morgan fingerprint density at radius 1 is 0.735 bits per heavy atom. The van der Waals surface area contributed by atoms with Gasteiger partial charge in [-0.05, 0) is 70.4 Å². The van der Waals surface area contributed by atoms with Crippen molar-refractivity contribution in [3.8, 4) is 17.2 Å². The van der Waals surface area contributed by atoms with Gasteiger partial charge in [0.25, 0.3) is 0 Å². The summed E-state index contributed by atoms with van der Waals surface area (Å²) in [5.41, 5.74) is 0.815. The summed E-state index contributed by atoms with van der Waals surface area (Å²) in [6.45, 7) is 3.46. The highest BCUT2D eigenvalue weighted by Crippen LogP contribution is 2.26. The second kappa shape index (κ2) is 11.2. The third-order valence-electron chi connectivity index (χ3n) is 5.48. The minimum Gasteiger partial charge on any atom is -0.497 e. The van der Waals surface area contributed by atoms with Crippen LogP contribution in [0.4, 0.5) is 0 Å². The lowest BCUT2D eigenvalue weighted by Gasteiger charge is -2.08. The first-order valence-electron chi connectivity index (χ1n) is 10.9. The van der Waals surface area contributed by atoms with Crippen molar-refractivity contribution in [1.29, 1.82) is 0 Å². The molecule has 0 fully saturated rings. The van der Waals surface area contributed by atoms with Gasteiger partial charge in [0.05, 0.1) is 20.1 Å². The summed E-state index contributed by atoms with van der Waals surface area (Å²) in [6, 6.07) is 22.7. The molecule has 0 heterocycles. The van der Waals surface area contributed by atoms with E-state index in [1.54, 1.807) is 34.1 Å². The van der Waals surface area contributed by atoms with E-state index < -0.39 is 11.9 Å². The number of carboxylic acid groups (broad SMARTS) is 1. The molecule has 176 valence electrons. The predicted molar refractivity (Wildman–Crippen MR) is 133 cm³/mol. The Morgan fingerprint density at radius 2 is 1.18 bits per heavy atom. The minimum atomic E-state index is -0.808. The number of methoxy groups -OCH3 is 2. The molecule has 1 N–H and O–H groups in total. The van der Waals surface area contributed by atoms with Gasteiger partial charge in [0.2, 0.25) is 0 Å². The summed E-state index contributed by atoms with van der Waals surface area (Å²) < 4.78 is 15.5. The second-order valence-electron chi connectivity index (χ2n) is 7.73. The van der Waals surface area contributed by atoms with Crippen LogP contribution in [-0.4, -0.2) is 31.3 Å². The van der Waals surface area contributed by atoms with Gasteiger partial charge in [-0.25, -0.2) is 0 Å². The smallest absolute Gasteiger partial charge is 0.310 e. The third-order valence-corrected chi connectivity index (χ3v) is 5.48. The van der Waals surface area contributed by atoms with Crippen LogP contribution in [0.2, 0.25) is 0 Å². The molecule has 4 rings (SSSR count). The van der Waals surface area contributed by atoms with Gasteiger partial charge in [-0.15, -0.1) is 0 Å². The fourth-order valence-electron chi connectivity index (χ4n) is 3.38. The fourth-order valence-corrected chi connectivity index (χ4v) is 3.38. The number of carbonyl (C=O) groups excluding carboxylic acids is 1. The van der Waals surface area contributed by atoms with Crippen LogP contribution >= 0.6 is 0 Å². The van der Waals surface area contributed by atoms with Crippen LogP contribution in [0.25, 0.3) is 21.5 Å². The molecule has 0 bridgehead atoms. The van der Waals surface area contributed by atoms with Gasteiger partial charge in [0.1, 0.15) is 17.2 Å². The number of rotatable bonds is 6. The van der Waals surface area contributed by atoms with Crippen molar-refractivity contribution in [2.75, 3.05) is 14.2 Å². The summed E-state index contributed by atoms with van der Waals surface area (Å²) in [6.07, 6.45) is 0.376. The maximum absolute atomic E-state index is 11.2. The molecule has 4 aromatic carbocycles. The number of carbonyl (C=O) groups is 2. The Kier molecular flexibility index (Phi) is 8.09. The molecule has 34 heavy (non-hydrogen) atoms. The Balaban J connectivity index is 0.000000191. The highest BCUT2D eigenvalue weighted by molar-refractivity contribution is 5.87. The summed E-state index contributed by atoms with van der Waals surface area (Å²) in [7, 11) is 3.26. The van der Waals surface area contributed by atoms with Crippen molar-refractivity contribution in [2.45, 2.75) is 26.2 Å². The zero-order valence-electron chi connectivity index (χ0n) is 19.7. The lowest BCUT2D eigenvalue weighted by molar-refractivity contribution is -0.138. The highest BCUT2D eigenvalue weighted by atomic mass is 16.5. The summed E-state index contributed by atoms with van der Waals surface area (Å²) >= 11 is 0. The standard InChI is InChI=1S/2C14H14O3/c1-9(14(15)16)10-3-4-12-8-13(17-2)6-5-11(12)7-10;1-3-14(15)17-13-7-5-10-8-12(16-2)6-4-11(10)9-13/h3-9H,1-2H3,(H,15,16);4-9H,3H2,1-2H3/t9-;/m0./s1. The van der Waals surface area contributed by atoms with Crippen molar-refractivity contribution in [3.05, 3.63) is 78.4 Å². The number of ether oxygens (including phenoxy) is 3. The van der Waals surface area contributed by atoms with Crippen LogP contribution in [0.3, 0.4) is 0 Å². The predicted octanol–water partition coefficient (Wildman–Crippen LogP) is 6.20. The Bertz CT molecular complexity index is 1310. The second-order valence-corrected chi connectivity index (χ2v) is 7.73. The number of benzene rings is 4. The van der Waals surface area contributed by atoms with Crippen molar-refractivity contribution in [2.24, 2.45) is 0 Å². The van der Waals surface area contributed by atoms with E-state index in [0.717, 1.165) is 38.6 Å². The molecule has 0 spiro atoms. The first-order chi connectivity index (χ1) is 16.3. The van der Waals surface area contributed by atoms with E-state index in [4.69, 9.17) is 19.3 Å². The first-order valence-corrected chi connectivity index (χ1v) is 10.9. The van der Waals surface area contributed by atoms with Gasteiger partial charge in [0, 0.05) is 6.42 Å². The molecule has 0 aliphatic rings. The fraction of sp³-hybridized carbons (Fsp3) is 0.214. The number of hydrogen-bond donors (Lipinski definition) is 1. The van der Waals surface area contributed by atoms with Crippen molar-refractivity contribution >= 4 is 33.5 Å². The van der Waals surface area contributed by atoms with Gasteiger partial charge in [-0.1, -0.05) is 43.3 Å². The van der Waals surface area contributed by atoms with Gasteiger partial charge in [0.15, 0.2) is 0 Å². The van der Waals surface area contributed by atoms with Gasteiger partial charge in [-0.3, -0.25) is 9.59 Å². The van der Waals surface area contributed by atoms with E-state index in [9.17, 15) is 9.59 Å². The quantitative estimate of drug-likeness (QED) is 0.272. The molecule has 6 heteroatoms. The maximum Gasteiger partial charge on any atom is 0.310 e. The highest BCUT2D eigenvalue weighted by Gasteiger charge is 2.13. The van der Waals surface area contributed by atoms with Gasteiger partial charge in [-0.2, -0.15) is 0 Å². The molecular weight excluding hydrogens is 432 g/mol. The Hall–Kier alpha value is -4.06. The van der Waals surface area contributed by atoms with E-state index in [0.29, 0.717) is 12.2 Å². The molecule has 0 aliphatic carbocycles. The zero-order valence-corrected chi connectivity index (χ0v) is 19.7. The van der Waals surface area contributed by atoms with Crippen molar-refractivity contribution in [1.82, 2.24) is 0 Å². The summed E-state index contributed by atoms with van der Waals surface area (Å²) in [5, 5.41) is 13.1. The molecule has 4 aromatic rings. The Labute approximate surface area is 198 Å². The monoisotopic (exact) mass is 460 g/mol. The van der Waals surface area contributed by atoms with Crippen LogP contribution in [-0.2, 0) is 9.59 Å².